The molecule has 208 valence electrons. The third kappa shape index (κ3) is 26.1. The predicted molar refractivity (Wildman–Crippen MR) is 139 cm³/mol. The number of unbranched alkanes of at least 4 members (excludes halogenated alkanes) is 7. The second kappa shape index (κ2) is 22.4. The molecule has 0 radical (unpaired) electrons. The van der Waals surface area contributed by atoms with E-state index in [1.54, 1.807) is 0 Å². The maximum atomic E-state index is 12.1. The van der Waals surface area contributed by atoms with Gasteiger partial charge in [-0.15, -0.1) is 0 Å². The Morgan fingerprint density at radius 1 is 0.886 bits per heavy atom. The van der Waals surface area contributed by atoms with Crippen molar-refractivity contribution in [3.8, 4) is 0 Å². The van der Waals surface area contributed by atoms with Crippen molar-refractivity contribution in [2.24, 2.45) is 0 Å². The lowest BCUT2D eigenvalue weighted by Crippen LogP contribution is -2.37. The molecule has 0 aromatic rings. The SMILES string of the molecule is [3H]C([3H])(CCCCCC)C([3H])([3H])CCCCCCCC(=O)OCC(COP([O-])OCC[N+](C)(C)C)OC(C)=O. The molecule has 0 amide bonds. The van der Waals surface area contributed by atoms with Gasteiger partial charge in [-0.05, 0) is 6.42 Å². The zero-order valence-electron chi connectivity index (χ0n) is 26.6. The first-order chi connectivity index (χ1) is 18.1. The Labute approximate surface area is 221 Å². The number of quaternary nitrogens is 1. The van der Waals surface area contributed by atoms with E-state index in [-0.39, 0.29) is 39.1 Å². The summed E-state index contributed by atoms with van der Waals surface area (Å²) in [7, 11) is 3.54. The van der Waals surface area contributed by atoms with E-state index in [4.69, 9.17) is 24.0 Å². The van der Waals surface area contributed by atoms with Crippen molar-refractivity contribution in [1.29, 1.82) is 0 Å². The fourth-order valence-corrected chi connectivity index (χ4v) is 3.60. The van der Waals surface area contributed by atoms with Crippen LogP contribution in [0.5, 0.6) is 0 Å². The van der Waals surface area contributed by atoms with Crippen molar-refractivity contribution in [3.63, 3.8) is 0 Å². The molecule has 0 N–H and O–H groups in total. The van der Waals surface area contributed by atoms with Crippen molar-refractivity contribution < 1.29 is 43.0 Å². The molecule has 0 fully saturated rings. The number of likely N-dealkylation sites (N-methyl/N-ethyl adjacent to an activating group) is 1. The Morgan fingerprint density at radius 3 is 2.03 bits per heavy atom. The van der Waals surface area contributed by atoms with Crippen LogP contribution in [0.3, 0.4) is 0 Å². The van der Waals surface area contributed by atoms with Gasteiger partial charge in [-0.1, -0.05) is 83.9 Å². The van der Waals surface area contributed by atoms with Gasteiger partial charge in [0.1, 0.15) is 19.8 Å². The molecule has 0 saturated heterocycles. The van der Waals surface area contributed by atoms with Crippen LogP contribution in [0.25, 0.3) is 0 Å². The van der Waals surface area contributed by atoms with E-state index in [0.717, 1.165) is 38.5 Å². The molecule has 2 atom stereocenters. The Bertz CT molecular complexity index is 681. The van der Waals surface area contributed by atoms with Crippen LogP contribution < -0.4 is 4.89 Å². The monoisotopic (exact) mass is 529 g/mol. The first-order valence-electron chi connectivity index (χ1n) is 15.0. The number of ether oxygens (including phenoxy) is 2. The molecule has 0 spiro atoms. The summed E-state index contributed by atoms with van der Waals surface area (Å²) in [5, 5.41) is 0. The average molecular weight is 530 g/mol. The summed E-state index contributed by atoms with van der Waals surface area (Å²) >= 11 is 0. The van der Waals surface area contributed by atoms with Gasteiger partial charge in [0.15, 0.2) is 6.10 Å². The van der Waals surface area contributed by atoms with Gasteiger partial charge in [0.05, 0.1) is 36.4 Å². The van der Waals surface area contributed by atoms with Crippen LogP contribution in [-0.2, 0) is 28.1 Å². The fourth-order valence-electron chi connectivity index (χ4n) is 3.01. The molecule has 0 rings (SSSR count). The third-order valence-electron chi connectivity index (χ3n) is 5.05. The molecule has 0 aliphatic rings. The molecule has 0 heterocycles. The van der Waals surface area contributed by atoms with Crippen LogP contribution in [0.15, 0.2) is 0 Å². The lowest BCUT2D eigenvalue weighted by atomic mass is 10.0. The highest BCUT2D eigenvalue weighted by atomic mass is 31.2. The summed E-state index contributed by atoms with van der Waals surface area (Å²) in [6.07, 6.45) is 3.34. The molecule has 0 aliphatic carbocycles. The maximum Gasteiger partial charge on any atom is 0.305 e. The van der Waals surface area contributed by atoms with E-state index in [9.17, 15) is 14.5 Å². The third-order valence-corrected chi connectivity index (χ3v) is 5.80. The highest BCUT2D eigenvalue weighted by molar-refractivity contribution is 7.39. The Balaban J connectivity index is 4.15. The molecule has 0 bridgehead atoms. The van der Waals surface area contributed by atoms with Crippen LogP contribution in [0.1, 0.15) is 109 Å². The summed E-state index contributed by atoms with van der Waals surface area (Å²) in [6, 6.07) is 0. The van der Waals surface area contributed by atoms with E-state index in [1.165, 1.54) is 6.92 Å². The Morgan fingerprint density at radius 2 is 1.46 bits per heavy atom. The molecule has 0 aromatic carbocycles. The number of hydrogen-bond donors (Lipinski definition) is 0. The topological polar surface area (TPSA) is 94.1 Å². The van der Waals surface area contributed by atoms with Crippen LogP contribution >= 0.6 is 8.60 Å². The molecule has 0 saturated carbocycles. The van der Waals surface area contributed by atoms with Crippen molar-refractivity contribution in [2.45, 2.75) is 110 Å². The fraction of sp³-hybridized carbons (Fsp3) is 0.923. The maximum absolute atomic E-state index is 12.1. The van der Waals surface area contributed by atoms with Crippen molar-refractivity contribution in [3.05, 3.63) is 0 Å². The molecular weight excluding hydrogens is 469 g/mol. The lowest BCUT2D eigenvalue weighted by Gasteiger charge is -2.28. The normalized spacial score (nSPS) is 15.9. The van der Waals surface area contributed by atoms with E-state index in [0.29, 0.717) is 30.3 Å². The second-order valence-electron chi connectivity index (χ2n) is 9.71. The number of hydrogen-bond acceptors (Lipinski definition) is 7. The minimum absolute atomic E-state index is 0.182. The average Bonchev–Trinajstić information content (AvgIpc) is 2.81. The quantitative estimate of drug-likeness (QED) is 0.0728. The number of carbonyl (C=O) groups excluding carboxylic acids is 2. The van der Waals surface area contributed by atoms with E-state index in [1.807, 2.05) is 21.1 Å². The summed E-state index contributed by atoms with van der Waals surface area (Å²) in [6.45, 7) is 3.76. The highest BCUT2D eigenvalue weighted by Crippen LogP contribution is 2.28. The zero-order chi connectivity index (χ0) is 30.0. The molecule has 35 heavy (non-hydrogen) atoms. The Hall–Kier alpha value is -0.790. The molecule has 0 aromatic heterocycles. The standard InChI is InChI=1S/C26H52NO7P/c1-6-7-8-9-10-11-12-13-14-15-16-17-18-19-26(29)31-22-25(34-24(2)28)23-33-35(30)32-21-20-27(3,4)5/h25H,6-23H2,1-5H3/i11T2,12T2. The minimum atomic E-state index is -2.39. The first kappa shape index (κ1) is 27.3. The smallest absolute Gasteiger partial charge is 0.305 e. The van der Waals surface area contributed by atoms with Gasteiger partial charge in [-0.2, -0.15) is 0 Å². The van der Waals surface area contributed by atoms with E-state index >= 15 is 0 Å². The van der Waals surface area contributed by atoms with Crippen LogP contribution in [0.4, 0.5) is 0 Å². The zero-order valence-corrected chi connectivity index (χ0v) is 23.5. The summed E-state index contributed by atoms with van der Waals surface area (Å²) in [5.74, 6) is -1.02. The number of esters is 2. The first-order valence-corrected chi connectivity index (χ1v) is 14.1. The second-order valence-corrected chi connectivity index (χ2v) is 10.7. The van der Waals surface area contributed by atoms with Crippen LogP contribution in [0.2, 0.25) is 0 Å². The van der Waals surface area contributed by atoms with E-state index in [2.05, 4.69) is 6.92 Å². The molecule has 0 aliphatic heterocycles. The van der Waals surface area contributed by atoms with Crippen molar-refractivity contribution >= 4 is 20.5 Å². The molecule has 8 nitrogen and oxygen atoms in total. The highest BCUT2D eigenvalue weighted by Gasteiger charge is 2.17. The van der Waals surface area contributed by atoms with Crippen molar-refractivity contribution in [1.82, 2.24) is 0 Å². The largest absolute Gasteiger partial charge is 0.786 e. The van der Waals surface area contributed by atoms with Crippen molar-refractivity contribution in [2.75, 3.05) is 47.5 Å². The summed E-state index contributed by atoms with van der Waals surface area (Å²) in [5.41, 5.74) is 0. The number of rotatable bonds is 24. The molecule has 2 unspecified atom stereocenters. The van der Waals surface area contributed by atoms with Crippen LogP contribution in [0, 0.1) is 0 Å². The van der Waals surface area contributed by atoms with Gasteiger partial charge in [0.2, 0.25) is 0 Å². The number of carbonyl (C=O) groups is 2. The molecule has 9 heteroatoms. The lowest BCUT2D eigenvalue weighted by molar-refractivity contribution is -0.870. The number of nitrogens with zero attached hydrogens (tertiary/aromatic N) is 1. The van der Waals surface area contributed by atoms with Gasteiger partial charge in [-0.3, -0.25) is 9.59 Å². The summed E-state index contributed by atoms with van der Waals surface area (Å²) < 4.78 is 53.8. The van der Waals surface area contributed by atoms with Gasteiger partial charge >= 0.3 is 11.9 Å². The van der Waals surface area contributed by atoms with Gasteiger partial charge in [-0.25, -0.2) is 0 Å². The Kier molecular flexibility index (Phi) is 17.4. The van der Waals surface area contributed by atoms with E-state index < -0.39 is 39.4 Å². The minimum Gasteiger partial charge on any atom is -0.786 e. The van der Waals surface area contributed by atoms with Crippen LogP contribution in [-0.4, -0.2) is 70.0 Å². The predicted octanol–water partition coefficient (Wildman–Crippen LogP) is 5.27. The van der Waals surface area contributed by atoms with Gasteiger partial charge < -0.3 is 27.9 Å². The van der Waals surface area contributed by atoms with Gasteiger partial charge in [0.25, 0.3) is 0 Å². The summed E-state index contributed by atoms with van der Waals surface area (Å²) in [4.78, 5) is 35.3. The van der Waals surface area contributed by atoms with Gasteiger partial charge in [0, 0.05) is 18.8 Å². The molecular formula is C26H52NO7P.